The summed E-state index contributed by atoms with van der Waals surface area (Å²) in [5.41, 5.74) is 0. The molecule has 0 atom stereocenters. The first kappa shape index (κ1) is 18.7. The van der Waals surface area contributed by atoms with Crippen LogP contribution in [0.5, 0.6) is 23.0 Å². The van der Waals surface area contributed by atoms with Gasteiger partial charge in [-0.3, -0.25) is 0 Å². The van der Waals surface area contributed by atoms with E-state index in [1.165, 1.54) is 37.4 Å². The van der Waals surface area contributed by atoms with Crippen molar-refractivity contribution in [1.29, 1.82) is 0 Å². The van der Waals surface area contributed by atoms with Crippen LogP contribution in [0.3, 0.4) is 0 Å². The zero-order valence-corrected chi connectivity index (χ0v) is 15.5. The Labute approximate surface area is 156 Å². The third-order valence-corrected chi connectivity index (χ3v) is 5.57. The molecule has 0 N–H and O–H groups in total. The fourth-order valence-electron chi connectivity index (χ4n) is 2.42. The zero-order chi connectivity index (χ0) is 19.4. The molecular formula is C20H17FO5S. The molecule has 0 aromatic heterocycles. The SMILES string of the molecule is COc1ccc(Oc2cc(F)cc(S(=O)(=O)c3ccc(OC)cc3)c2)cc1. The van der Waals surface area contributed by atoms with Gasteiger partial charge in [-0.1, -0.05) is 0 Å². The second-order valence-electron chi connectivity index (χ2n) is 5.58. The van der Waals surface area contributed by atoms with Crippen molar-refractivity contribution in [2.75, 3.05) is 14.2 Å². The number of hydrogen-bond donors (Lipinski definition) is 0. The molecule has 7 heteroatoms. The highest BCUT2D eigenvalue weighted by Crippen LogP contribution is 2.30. The molecule has 0 fully saturated rings. The van der Waals surface area contributed by atoms with Gasteiger partial charge < -0.3 is 14.2 Å². The van der Waals surface area contributed by atoms with Crippen LogP contribution in [0.15, 0.2) is 76.5 Å². The van der Waals surface area contributed by atoms with Crippen molar-refractivity contribution >= 4 is 9.84 Å². The lowest BCUT2D eigenvalue weighted by Gasteiger charge is -2.10. The molecule has 0 bridgehead atoms. The van der Waals surface area contributed by atoms with Crippen LogP contribution in [0.4, 0.5) is 4.39 Å². The monoisotopic (exact) mass is 388 g/mol. The minimum Gasteiger partial charge on any atom is -0.497 e. The van der Waals surface area contributed by atoms with E-state index in [0.29, 0.717) is 17.2 Å². The maximum atomic E-state index is 14.0. The largest absolute Gasteiger partial charge is 0.497 e. The van der Waals surface area contributed by atoms with E-state index in [-0.39, 0.29) is 15.5 Å². The molecule has 0 aliphatic carbocycles. The molecule has 3 rings (SSSR count). The molecule has 0 unspecified atom stereocenters. The summed E-state index contributed by atoms with van der Waals surface area (Å²) in [6, 6.07) is 15.9. The van der Waals surface area contributed by atoms with Crippen LogP contribution in [-0.4, -0.2) is 22.6 Å². The van der Waals surface area contributed by atoms with E-state index in [1.54, 1.807) is 31.4 Å². The number of sulfone groups is 1. The summed E-state index contributed by atoms with van der Waals surface area (Å²) >= 11 is 0. The highest BCUT2D eigenvalue weighted by molar-refractivity contribution is 7.91. The molecule has 27 heavy (non-hydrogen) atoms. The minimum atomic E-state index is -3.91. The fourth-order valence-corrected chi connectivity index (χ4v) is 3.73. The number of methoxy groups -OCH3 is 2. The van der Waals surface area contributed by atoms with Crippen molar-refractivity contribution in [3.05, 3.63) is 72.5 Å². The first-order chi connectivity index (χ1) is 12.9. The number of halogens is 1. The van der Waals surface area contributed by atoms with Crippen LogP contribution in [-0.2, 0) is 9.84 Å². The van der Waals surface area contributed by atoms with Gasteiger partial charge in [0, 0.05) is 6.07 Å². The fraction of sp³-hybridized carbons (Fsp3) is 0.100. The predicted octanol–water partition coefficient (Wildman–Crippen LogP) is 4.47. The number of ether oxygens (including phenoxy) is 3. The van der Waals surface area contributed by atoms with Gasteiger partial charge in [-0.05, 0) is 60.7 Å². The van der Waals surface area contributed by atoms with Crippen molar-refractivity contribution in [1.82, 2.24) is 0 Å². The van der Waals surface area contributed by atoms with Crippen molar-refractivity contribution in [3.63, 3.8) is 0 Å². The Morgan fingerprint density at radius 3 is 1.74 bits per heavy atom. The van der Waals surface area contributed by atoms with Gasteiger partial charge in [0.15, 0.2) is 0 Å². The summed E-state index contributed by atoms with van der Waals surface area (Å²) in [5.74, 6) is 0.954. The summed E-state index contributed by atoms with van der Waals surface area (Å²) in [6.07, 6.45) is 0. The molecule has 0 aliphatic heterocycles. The third-order valence-electron chi connectivity index (χ3n) is 3.82. The lowest BCUT2D eigenvalue weighted by atomic mass is 10.3. The Balaban J connectivity index is 1.93. The Morgan fingerprint density at radius 1 is 0.667 bits per heavy atom. The van der Waals surface area contributed by atoms with Gasteiger partial charge in [0.2, 0.25) is 9.84 Å². The predicted molar refractivity (Wildman–Crippen MR) is 97.9 cm³/mol. The van der Waals surface area contributed by atoms with E-state index in [4.69, 9.17) is 14.2 Å². The van der Waals surface area contributed by atoms with Crippen molar-refractivity contribution in [3.8, 4) is 23.0 Å². The third kappa shape index (κ3) is 4.20. The Bertz CT molecular complexity index is 1030. The molecule has 3 aromatic carbocycles. The standard InChI is InChI=1S/C20H17FO5S/c1-24-15-3-5-17(6-4-15)26-18-11-14(21)12-20(13-18)27(22,23)19-9-7-16(25-2)8-10-19/h3-13H,1-2H3. The lowest BCUT2D eigenvalue weighted by Crippen LogP contribution is -2.03. The van der Waals surface area contributed by atoms with Crippen LogP contribution >= 0.6 is 0 Å². The molecule has 0 radical (unpaired) electrons. The van der Waals surface area contributed by atoms with Gasteiger partial charge in [0.1, 0.15) is 28.8 Å². The molecule has 0 saturated heterocycles. The average molecular weight is 388 g/mol. The van der Waals surface area contributed by atoms with Crippen LogP contribution in [0.1, 0.15) is 0 Å². The van der Waals surface area contributed by atoms with Crippen LogP contribution in [0, 0.1) is 5.82 Å². The molecule has 0 aliphatic rings. The van der Waals surface area contributed by atoms with E-state index >= 15 is 0 Å². The Hall–Kier alpha value is -3.06. The first-order valence-corrected chi connectivity index (χ1v) is 9.42. The Morgan fingerprint density at radius 2 is 1.19 bits per heavy atom. The maximum Gasteiger partial charge on any atom is 0.206 e. The number of rotatable bonds is 6. The van der Waals surface area contributed by atoms with E-state index < -0.39 is 15.7 Å². The molecule has 3 aromatic rings. The second kappa shape index (κ2) is 7.67. The molecule has 5 nitrogen and oxygen atoms in total. The van der Waals surface area contributed by atoms with Gasteiger partial charge in [0.25, 0.3) is 0 Å². The van der Waals surface area contributed by atoms with Gasteiger partial charge in [-0.15, -0.1) is 0 Å². The quantitative estimate of drug-likeness (QED) is 0.624. The van der Waals surface area contributed by atoms with E-state index in [1.807, 2.05) is 0 Å². The highest BCUT2D eigenvalue weighted by Gasteiger charge is 2.20. The van der Waals surface area contributed by atoms with Crippen molar-refractivity contribution in [2.45, 2.75) is 9.79 Å². The van der Waals surface area contributed by atoms with Crippen molar-refractivity contribution in [2.24, 2.45) is 0 Å². The summed E-state index contributed by atoms with van der Waals surface area (Å²) in [5, 5.41) is 0. The average Bonchev–Trinajstić information content (AvgIpc) is 2.68. The van der Waals surface area contributed by atoms with Crippen LogP contribution < -0.4 is 14.2 Å². The number of hydrogen-bond acceptors (Lipinski definition) is 5. The van der Waals surface area contributed by atoms with Crippen molar-refractivity contribution < 1.29 is 27.0 Å². The molecule has 0 saturated carbocycles. The number of benzene rings is 3. The topological polar surface area (TPSA) is 61.8 Å². The molecular weight excluding hydrogens is 371 g/mol. The summed E-state index contributed by atoms with van der Waals surface area (Å²) in [6.45, 7) is 0. The van der Waals surface area contributed by atoms with Crippen LogP contribution in [0.25, 0.3) is 0 Å². The van der Waals surface area contributed by atoms with Gasteiger partial charge in [0.05, 0.1) is 24.0 Å². The maximum absolute atomic E-state index is 14.0. The molecule has 0 spiro atoms. The summed E-state index contributed by atoms with van der Waals surface area (Å²) < 4.78 is 55.3. The second-order valence-corrected chi connectivity index (χ2v) is 7.53. The minimum absolute atomic E-state index is 0.0318. The molecule has 140 valence electrons. The van der Waals surface area contributed by atoms with E-state index in [0.717, 1.165) is 12.1 Å². The van der Waals surface area contributed by atoms with Gasteiger partial charge in [-0.25, -0.2) is 12.8 Å². The van der Waals surface area contributed by atoms with Gasteiger partial charge in [-0.2, -0.15) is 0 Å². The Kier molecular flexibility index (Phi) is 5.32. The first-order valence-electron chi connectivity index (χ1n) is 7.94. The summed E-state index contributed by atoms with van der Waals surface area (Å²) in [7, 11) is -0.882. The molecule has 0 amide bonds. The normalized spacial score (nSPS) is 11.1. The smallest absolute Gasteiger partial charge is 0.206 e. The van der Waals surface area contributed by atoms with Gasteiger partial charge >= 0.3 is 0 Å². The molecule has 0 heterocycles. The van der Waals surface area contributed by atoms with E-state index in [9.17, 15) is 12.8 Å². The highest BCUT2D eigenvalue weighted by atomic mass is 32.2. The lowest BCUT2D eigenvalue weighted by molar-refractivity contribution is 0.412. The van der Waals surface area contributed by atoms with E-state index in [2.05, 4.69) is 0 Å². The zero-order valence-electron chi connectivity index (χ0n) is 14.7. The van der Waals surface area contributed by atoms with Crippen LogP contribution in [0.2, 0.25) is 0 Å². The summed E-state index contributed by atoms with van der Waals surface area (Å²) in [4.78, 5) is -0.166.